The molecule has 29 heavy (non-hydrogen) atoms. The van der Waals surface area contributed by atoms with Gasteiger partial charge in [-0.1, -0.05) is 22.9 Å². The standard InChI is InChI=1S/C21H25BrN2O4S/c1-15-9-11-24(12-10-15)29(26,27)19-6-4-18(5-7-19)23-21(25)14-28-20-8-3-17(22)13-16(20)2/h3-8,13,15H,9-12,14H2,1-2H3,(H,23,25). The number of aryl methyl sites for hydroxylation is 1. The second-order valence-electron chi connectivity index (χ2n) is 7.36. The van der Waals surface area contributed by atoms with Crippen molar-refractivity contribution in [1.82, 2.24) is 4.31 Å². The van der Waals surface area contributed by atoms with E-state index >= 15 is 0 Å². The summed E-state index contributed by atoms with van der Waals surface area (Å²) in [4.78, 5) is 12.4. The highest BCUT2D eigenvalue weighted by Crippen LogP contribution is 2.25. The fraction of sp³-hybridized carbons (Fsp3) is 0.381. The normalized spacial score (nSPS) is 15.8. The highest BCUT2D eigenvalue weighted by molar-refractivity contribution is 9.10. The van der Waals surface area contributed by atoms with Crippen molar-refractivity contribution in [3.8, 4) is 5.75 Å². The first kappa shape index (κ1) is 21.8. The molecule has 1 aliphatic heterocycles. The van der Waals surface area contributed by atoms with E-state index in [1.54, 1.807) is 18.2 Å². The van der Waals surface area contributed by atoms with Gasteiger partial charge in [0.1, 0.15) is 5.75 Å². The number of rotatable bonds is 6. The van der Waals surface area contributed by atoms with Gasteiger partial charge in [0.2, 0.25) is 10.0 Å². The largest absolute Gasteiger partial charge is 0.483 e. The number of carbonyl (C=O) groups excluding carboxylic acids is 1. The molecule has 2 aromatic rings. The van der Waals surface area contributed by atoms with Crippen LogP contribution in [0.5, 0.6) is 5.75 Å². The Kier molecular flexibility index (Phi) is 6.97. The lowest BCUT2D eigenvalue weighted by atomic mass is 10.0. The van der Waals surface area contributed by atoms with Gasteiger partial charge in [0.05, 0.1) is 4.90 Å². The van der Waals surface area contributed by atoms with Crippen molar-refractivity contribution in [2.45, 2.75) is 31.6 Å². The van der Waals surface area contributed by atoms with Crippen LogP contribution in [0.2, 0.25) is 0 Å². The predicted molar refractivity (Wildman–Crippen MR) is 117 cm³/mol. The maximum Gasteiger partial charge on any atom is 0.262 e. The Hall–Kier alpha value is -1.90. The van der Waals surface area contributed by atoms with Gasteiger partial charge >= 0.3 is 0 Å². The van der Waals surface area contributed by atoms with E-state index in [4.69, 9.17) is 4.74 Å². The van der Waals surface area contributed by atoms with Crippen LogP contribution in [0.3, 0.4) is 0 Å². The molecular weight excluding hydrogens is 456 g/mol. The Morgan fingerprint density at radius 2 is 1.83 bits per heavy atom. The molecule has 0 atom stereocenters. The van der Waals surface area contributed by atoms with E-state index in [2.05, 4.69) is 28.2 Å². The number of amides is 1. The van der Waals surface area contributed by atoms with Gasteiger partial charge in [-0.05, 0) is 73.7 Å². The van der Waals surface area contributed by atoms with Crippen LogP contribution in [0.15, 0.2) is 51.8 Å². The van der Waals surface area contributed by atoms with Crippen LogP contribution in [-0.4, -0.2) is 38.3 Å². The zero-order chi connectivity index (χ0) is 21.0. The van der Waals surface area contributed by atoms with Gasteiger partial charge in [0.25, 0.3) is 5.91 Å². The number of hydrogen-bond donors (Lipinski definition) is 1. The Morgan fingerprint density at radius 3 is 2.45 bits per heavy atom. The van der Waals surface area contributed by atoms with Crippen LogP contribution in [0.4, 0.5) is 5.69 Å². The highest BCUT2D eigenvalue weighted by atomic mass is 79.9. The molecular formula is C21H25BrN2O4S. The third-order valence-electron chi connectivity index (χ3n) is 5.01. The molecule has 1 aliphatic rings. The summed E-state index contributed by atoms with van der Waals surface area (Å²) in [6, 6.07) is 11.8. The molecule has 1 fully saturated rings. The number of benzene rings is 2. The van der Waals surface area contributed by atoms with Crippen molar-refractivity contribution in [1.29, 1.82) is 0 Å². The van der Waals surface area contributed by atoms with Crippen LogP contribution in [0.1, 0.15) is 25.3 Å². The van der Waals surface area contributed by atoms with Crippen molar-refractivity contribution < 1.29 is 17.9 Å². The molecule has 3 rings (SSSR count). The molecule has 6 nitrogen and oxygen atoms in total. The van der Waals surface area contributed by atoms with E-state index in [0.717, 1.165) is 22.9 Å². The molecule has 0 unspecified atom stereocenters. The summed E-state index contributed by atoms with van der Waals surface area (Å²) in [5.74, 6) is 0.885. The second kappa shape index (κ2) is 9.28. The molecule has 1 saturated heterocycles. The van der Waals surface area contributed by atoms with Crippen LogP contribution >= 0.6 is 15.9 Å². The van der Waals surface area contributed by atoms with Crippen molar-refractivity contribution >= 4 is 37.5 Å². The smallest absolute Gasteiger partial charge is 0.262 e. The van der Waals surface area contributed by atoms with Gasteiger partial charge in [-0.2, -0.15) is 4.31 Å². The number of piperidine rings is 1. The molecule has 1 N–H and O–H groups in total. The van der Waals surface area contributed by atoms with Crippen LogP contribution in [-0.2, 0) is 14.8 Å². The van der Waals surface area contributed by atoms with Gasteiger partial charge < -0.3 is 10.1 Å². The summed E-state index contributed by atoms with van der Waals surface area (Å²) in [5, 5.41) is 2.73. The summed E-state index contributed by atoms with van der Waals surface area (Å²) in [7, 11) is -3.49. The Balaban J connectivity index is 1.57. The van der Waals surface area contributed by atoms with E-state index in [9.17, 15) is 13.2 Å². The third kappa shape index (κ3) is 5.58. The summed E-state index contributed by atoms with van der Waals surface area (Å²) in [6.45, 7) is 5.02. The fourth-order valence-electron chi connectivity index (χ4n) is 3.20. The number of nitrogens with zero attached hydrogens (tertiary/aromatic N) is 1. The van der Waals surface area contributed by atoms with E-state index < -0.39 is 10.0 Å². The molecule has 8 heteroatoms. The molecule has 0 aliphatic carbocycles. The van der Waals surface area contributed by atoms with Crippen LogP contribution in [0, 0.1) is 12.8 Å². The quantitative estimate of drug-likeness (QED) is 0.671. The van der Waals surface area contributed by atoms with Crippen molar-refractivity contribution in [2.24, 2.45) is 5.92 Å². The minimum absolute atomic E-state index is 0.130. The first-order chi connectivity index (χ1) is 13.8. The van der Waals surface area contributed by atoms with Gasteiger partial charge in [0.15, 0.2) is 6.61 Å². The maximum atomic E-state index is 12.8. The number of sulfonamides is 1. The fourth-order valence-corrected chi connectivity index (χ4v) is 5.14. The molecule has 0 saturated carbocycles. The average molecular weight is 481 g/mol. The molecule has 0 radical (unpaired) electrons. The number of nitrogens with one attached hydrogen (secondary N) is 1. The third-order valence-corrected chi connectivity index (χ3v) is 7.42. The first-order valence-electron chi connectivity index (χ1n) is 9.55. The summed E-state index contributed by atoms with van der Waals surface area (Å²) >= 11 is 3.39. The molecule has 0 spiro atoms. The minimum Gasteiger partial charge on any atom is -0.483 e. The maximum absolute atomic E-state index is 12.8. The lowest BCUT2D eigenvalue weighted by Gasteiger charge is -2.29. The Labute approximate surface area is 180 Å². The predicted octanol–water partition coefficient (Wildman–Crippen LogP) is 4.20. The first-order valence-corrected chi connectivity index (χ1v) is 11.8. The molecule has 0 aromatic heterocycles. The van der Waals surface area contributed by atoms with Crippen molar-refractivity contribution in [3.63, 3.8) is 0 Å². The summed E-state index contributed by atoms with van der Waals surface area (Å²) in [5.41, 5.74) is 1.45. The average Bonchev–Trinajstić information content (AvgIpc) is 2.68. The molecule has 1 amide bonds. The van der Waals surface area contributed by atoms with Gasteiger partial charge in [-0.3, -0.25) is 4.79 Å². The highest BCUT2D eigenvalue weighted by Gasteiger charge is 2.27. The lowest BCUT2D eigenvalue weighted by Crippen LogP contribution is -2.37. The molecule has 156 valence electrons. The zero-order valence-corrected chi connectivity index (χ0v) is 18.9. The lowest BCUT2D eigenvalue weighted by molar-refractivity contribution is -0.118. The molecule has 0 bridgehead atoms. The number of hydrogen-bond acceptors (Lipinski definition) is 4. The van der Waals surface area contributed by atoms with E-state index in [-0.39, 0.29) is 17.4 Å². The van der Waals surface area contributed by atoms with E-state index in [1.807, 2.05) is 19.1 Å². The Morgan fingerprint density at radius 1 is 1.17 bits per heavy atom. The van der Waals surface area contributed by atoms with Crippen LogP contribution in [0.25, 0.3) is 0 Å². The van der Waals surface area contributed by atoms with Crippen LogP contribution < -0.4 is 10.1 Å². The van der Waals surface area contributed by atoms with Gasteiger partial charge in [-0.15, -0.1) is 0 Å². The number of ether oxygens (including phenoxy) is 1. The summed E-state index contributed by atoms with van der Waals surface area (Å²) in [6.07, 6.45) is 1.76. The second-order valence-corrected chi connectivity index (χ2v) is 10.2. The van der Waals surface area contributed by atoms with E-state index in [1.165, 1.54) is 16.4 Å². The number of anilines is 1. The van der Waals surface area contributed by atoms with Gasteiger partial charge in [-0.25, -0.2) is 8.42 Å². The SMILES string of the molecule is Cc1cc(Br)ccc1OCC(=O)Nc1ccc(S(=O)(=O)N2CCC(C)CC2)cc1. The Bertz CT molecular complexity index is 969. The van der Waals surface area contributed by atoms with Crippen molar-refractivity contribution in [2.75, 3.05) is 25.0 Å². The zero-order valence-electron chi connectivity index (χ0n) is 16.5. The van der Waals surface area contributed by atoms with E-state index in [0.29, 0.717) is 30.4 Å². The number of halogens is 1. The monoisotopic (exact) mass is 480 g/mol. The molecule has 1 heterocycles. The minimum atomic E-state index is -3.49. The van der Waals surface area contributed by atoms with Gasteiger partial charge in [0, 0.05) is 23.2 Å². The topological polar surface area (TPSA) is 75.7 Å². The van der Waals surface area contributed by atoms with Crippen molar-refractivity contribution in [3.05, 3.63) is 52.5 Å². The number of carbonyl (C=O) groups is 1. The molecule has 2 aromatic carbocycles. The summed E-state index contributed by atoms with van der Waals surface area (Å²) < 4.78 is 33.6.